The van der Waals surface area contributed by atoms with E-state index in [1.54, 1.807) is 18.2 Å². The molecule has 1 heterocycles. The third-order valence-corrected chi connectivity index (χ3v) is 3.78. The van der Waals surface area contributed by atoms with Gasteiger partial charge >= 0.3 is 0 Å². The summed E-state index contributed by atoms with van der Waals surface area (Å²) in [6, 6.07) is 9.71. The van der Waals surface area contributed by atoms with Crippen molar-refractivity contribution >= 4 is 15.7 Å². The van der Waals surface area contributed by atoms with Crippen molar-refractivity contribution in [2.75, 3.05) is 4.72 Å². The molecular formula is C11H10N4O2S. The van der Waals surface area contributed by atoms with Crippen molar-refractivity contribution in [3.63, 3.8) is 0 Å². The van der Waals surface area contributed by atoms with E-state index in [9.17, 15) is 8.42 Å². The smallest absolute Gasteiger partial charge is 0.277 e. The van der Waals surface area contributed by atoms with Crippen LogP contribution in [-0.4, -0.2) is 18.2 Å². The molecule has 2 aromatic rings. The molecule has 0 radical (unpaired) electrons. The summed E-state index contributed by atoms with van der Waals surface area (Å²) in [6.45, 7) is 0. The van der Waals surface area contributed by atoms with Crippen molar-refractivity contribution < 1.29 is 8.42 Å². The molecular weight excluding hydrogens is 252 g/mol. The first-order valence-electron chi connectivity index (χ1n) is 5.04. The van der Waals surface area contributed by atoms with Crippen LogP contribution in [0, 0.1) is 11.3 Å². The molecule has 0 amide bonds. The SMILES string of the molecule is Cn1nccc1S(=O)(=O)Nc1ccccc1C#N. The molecule has 2 rings (SSSR count). The van der Waals surface area contributed by atoms with Gasteiger partial charge in [-0.2, -0.15) is 18.8 Å². The Labute approximate surface area is 105 Å². The minimum Gasteiger partial charge on any atom is -0.277 e. The van der Waals surface area contributed by atoms with E-state index in [-0.39, 0.29) is 16.3 Å². The number of aromatic nitrogens is 2. The van der Waals surface area contributed by atoms with E-state index in [2.05, 4.69) is 9.82 Å². The van der Waals surface area contributed by atoms with Crippen molar-refractivity contribution in [1.82, 2.24) is 9.78 Å². The fourth-order valence-electron chi connectivity index (χ4n) is 1.49. The van der Waals surface area contributed by atoms with Gasteiger partial charge in [0, 0.05) is 7.05 Å². The topological polar surface area (TPSA) is 87.8 Å². The lowest BCUT2D eigenvalue weighted by molar-refractivity contribution is 0.582. The zero-order chi connectivity index (χ0) is 13.2. The van der Waals surface area contributed by atoms with Gasteiger partial charge in [-0.25, -0.2) is 0 Å². The molecule has 92 valence electrons. The average Bonchev–Trinajstić information content (AvgIpc) is 2.76. The zero-order valence-corrected chi connectivity index (χ0v) is 10.3. The van der Waals surface area contributed by atoms with E-state index in [0.717, 1.165) is 0 Å². The number of hydrogen-bond donors (Lipinski definition) is 1. The molecule has 0 aliphatic heterocycles. The number of nitrogens with zero attached hydrogens (tertiary/aromatic N) is 3. The maximum Gasteiger partial charge on any atom is 0.279 e. The molecule has 0 unspecified atom stereocenters. The fraction of sp³-hybridized carbons (Fsp3) is 0.0909. The first-order valence-corrected chi connectivity index (χ1v) is 6.53. The summed E-state index contributed by atoms with van der Waals surface area (Å²) in [7, 11) is -2.20. The van der Waals surface area contributed by atoms with Crippen LogP contribution in [0.15, 0.2) is 41.6 Å². The van der Waals surface area contributed by atoms with Gasteiger partial charge in [-0.1, -0.05) is 12.1 Å². The van der Waals surface area contributed by atoms with Crippen LogP contribution in [0.3, 0.4) is 0 Å². The number of nitriles is 1. The lowest BCUT2D eigenvalue weighted by Gasteiger charge is -2.08. The molecule has 0 fully saturated rings. The zero-order valence-electron chi connectivity index (χ0n) is 9.53. The number of hydrogen-bond acceptors (Lipinski definition) is 4. The maximum absolute atomic E-state index is 12.1. The molecule has 0 bridgehead atoms. The van der Waals surface area contributed by atoms with Gasteiger partial charge in [-0.15, -0.1) is 0 Å². The lowest BCUT2D eigenvalue weighted by Crippen LogP contribution is -2.17. The van der Waals surface area contributed by atoms with Crippen LogP contribution in [0.25, 0.3) is 0 Å². The first kappa shape index (κ1) is 12.1. The molecule has 0 aliphatic rings. The summed E-state index contributed by atoms with van der Waals surface area (Å²) in [5.41, 5.74) is 0.518. The number of benzene rings is 1. The van der Waals surface area contributed by atoms with Gasteiger partial charge in [0.05, 0.1) is 17.4 Å². The van der Waals surface area contributed by atoms with Crippen molar-refractivity contribution in [1.29, 1.82) is 5.26 Å². The van der Waals surface area contributed by atoms with Crippen molar-refractivity contribution in [2.45, 2.75) is 5.03 Å². The number of aryl methyl sites for hydroxylation is 1. The molecule has 0 saturated carbocycles. The van der Waals surface area contributed by atoms with E-state index >= 15 is 0 Å². The predicted octanol–water partition coefficient (Wildman–Crippen LogP) is 1.09. The van der Waals surface area contributed by atoms with E-state index in [1.807, 2.05) is 6.07 Å². The van der Waals surface area contributed by atoms with Gasteiger partial charge in [-0.3, -0.25) is 9.40 Å². The second kappa shape index (κ2) is 4.50. The highest BCUT2D eigenvalue weighted by Crippen LogP contribution is 2.18. The Morgan fingerprint density at radius 2 is 2.06 bits per heavy atom. The standard InChI is InChI=1S/C11H10N4O2S/c1-15-11(6-7-13-15)18(16,17)14-10-5-3-2-4-9(10)8-12/h2-7,14H,1H3. The highest BCUT2D eigenvalue weighted by atomic mass is 32.2. The molecule has 0 atom stereocenters. The van der Waals surface area contributed by atoms with Gasteiger partial charge in [0.1, 0.15) is 6.07 Å². The molecule has 0 aliphatic carbocycles. The summed E-state index contributed by atoms with van der Waals surface area (Å²) < 4.78 is 27.8. The average molecular weight is 262 g/mol. The van der Waals surface area contributed by atoms with Crippen LogP contribution < -0.4 is 4.72 Å². The Hall–Kier alpha value is -2.33. The highest BCUT2D eigenvalue weighted by Gasteiger charge is 2.19. The number of rotatable bonds is 3. The molecule has 0 saturated heterocycles. The summed E-state index contributed by atoms with van der Waals surface area (Å²) in [5, 5.41) is 12.7. The van der Waals surface area contributed by atoms with E-state index in [1.165, 1.54) is 30.1 Å². The van der Waals surface area contributed by atoms with E-state index < -0.39 is 10.0 Å². The third-order valence-electron chi connectivity index (χ3n) is 2.34. The van der Waals surface area contributed by atoms with Gasteiger partial charge in [0.25, 0.3) is 10.0 Å². The summed E-state index contributed by atoms with van der Waals surface area (Å²) in [4.78, 5) is 0. The monoisotopic (exact) mass is 262 g/mol. The van der Waals surface area contributed by atoms with Crippen LogP contribution in [0.4, 0.5) is 5.69 Å². The van der Waals surface area contributed by atoms with E-state index in [0.29, 0.717) is 0 Å². The van der Waals surface area contributed by atoms with Crippen LogP contribution in [0.2, 0.25) is 0 Å². The van der Waals surface area contributed by atoms with Crippen LogP contribution in [0.1, 0.15) is 5.56 Å². The summed E-state index contributed by atoms with van der Waals surface area (Å²) in [6.07, 6.45) is 1.39. The predicted molar refractivity (Wildman–Crippen MR) is 65.2 cm³/mol. The van der Waals surface area contributed by atoms with Crippen LogP contribution in [-0.2, 0) is 17.1 Å². The Bertz CT molecular complexity index is 713. The van der Waals surface area contributed by atoms with Crippen molar-refractivity contribution in [2.24, 2.45) is 7.05 Å². The minimum absolute atomic E-state index is 0.0373. The Balaban J connectivity index is 2.41. The largest absolute Gasteiger partial charge is 0.279 e. The quantitative estimate of drug-likeness (QED) is 0.896. The van der Waals surface area contributed by atoms with Gasteiger partial charge in [-0.05, 0) is 18.2 Å². The summed E-state index contributed by atoms with van der Waals surface area (Å²) >= 11 is 0. The van der Waals surface area contributed by atoms with Gasteiger partial charge in [0.2, 0.25) is 0 Å². The second-order valence-electron chi connectivity index (χ2n) is 3.56. The highest BCUT2D eigenvalue weighted by molar-refractivity contribution is 7.92. The molecule has 0 spiro atoms. The fourth-order valence-corrected chi connectivity index (χ4v) is 2.70. The van der Waals surface area contributed by atoms with Crippen LogP contribution in [0.5, 0.6) is 0 Å². The van der Waals surface area contributed by atoms with Crippen LogP contribution >= 0.6 is 0 Å². The first-order chi connectivity index (χ1) is 8.54. The van der Waals surface area contributed by atoms with E-state index in [4.69, 9.17) is 5.26 Å². The van der Waals surface area contributed by atoms with Gasteiger partial charge < -0.3 is 0 Å². The number of nitrogens with one attached hydrogen (secondary N) is 1. The minimum atomic E-state index is -3.73. The maximum atomic E-state index is 12.1. The molecule has 6 nitrogen and oxygen atoms in total. The molecule has 1 aromatic carbocycles. The Kier molecular flexibility index (Phi) is 3.04. The molecule has 1 aromatic heterocycles. The second-order valence-corrected chi connectivity index (χ2v) is 5.19. The van der Waals surface area contributed by atoms with Crippen molar-refractivity contribution in [3.05, 3.63) is 42.1 Å². The van der Waals surface area contributed by atoms with Gasteiger partial charge in [0.15, 0.2) is 5.03 Å². The molecule has 18 heavy (non-hydrogen) atoms. The molecule has 7 heteroatoms. The van der Waals surface area contributed by atoms with Crippen molar-refractivity contribution in [3.8, 4) is 6.07 Å². The number of para-hydroxylation sites is 1. The third kappa shape index (κ3) is 2.19. The summed E-state index contributed by atoms with van der Waals surface area (Å²) in [5.74, 6) is 0. The lowest BCUT2D eigenvalue weighted by atomic mass is 10.2. The number of anilines is 1. The number of sulfonamides is 1. The Morgan fingerprint density at radius 3 is 2.67 bits per heavy atom. The molecule has 1 N–H and O–H groups in total. The Morgan fingerprint density at radius 1 is 1.33 bits per heavy atom. The normalized spacial score (nSPS) is 10.9.